The lowest BCUT2D eigenvalue weighted by Crippen LogP contribution is -2.12. The summed E-state index contributed by atoms with van der Waals surface area (Å²) in [5, 5.41) is 12.3. The number of nitrogens with one attached hydrogen (secondary N) is 3. The van der Waals surface area contributed by atoms with Crippen molar-refractivity contribution in [3.63, 3.8) is 0 Å². The zero-order valence-corrected chi connectivity index (χ0v) is 17.9. The molecule has 33 heavy (non-hydrogen) atoms. The van der Waals surface area contributed by atoms with Crippen molar-refractivity contribution in [2.75, 3.05) is 0 Å². The molecular weight excluding hydrogens is 408 g/mol. The average Bonchev–Trinajstić information content (AvgIpc) is 3.48. The Bertz CT molecular complexity index is 1510. The van der Waals surface area contributed by atoms with Gasteiger partial charge in [-0.1, -0.05) is 36.4 Å². The lowest BCUT2D eigenvalue weighted by molar-refractivity contribution is 0.691. The molecule has 0 aliphatic heterocycles. The molecule has 4 heterocycles. The van der Waals surface area contributed by atoms with Gasteiger partial charge in [-0.15, -0.1) is 0 Å². The normalized spacial score (nSPS) is 11.4. The van der Waals surface area contributed by atoms with E-state index in [0.29, 0.717) is 0 Å². The van der Waals surface area contributed by atoms with E-state index in [1.807, 2.05) is 36.7 Å². The van der Waals surface area contributed by atoms with E-state index >= 15 is 0 Å². The highest BCUT2D eigenvalue weighted by atomic mass is 15.1. The fourth-order valence-corrected chi connectivity index (χ4v) is 4.17. The van der Waals surface area contributed by atoms with Crippen molar-refractivity contribution >= 4 is 21.9 Å². The minimum Gasteiger partial charge on any atom is -0.352 e. The maximum Gasteiger partial charge on any atom is 0.116 e. The summed E-state index contributed by atoms with van der Waals surface area (Å²) < 4.78 is 0. The predicted octanol–water partition coefficient (Wildman–Crippen LogP) is 5.46. The van der Waals surface area contributed by atoms with Crippen molar-refractivity contribution in [3.8, 4) is 22.5 Å². The molecule has 0 atom stereocenters. The number of aromatic amines is 2. The molecule has 0 spiro atoms. The van der Waals surface area contributed by atoms with Gasteiger partial charge in [0.15, 0.2) is 0 Å². The van der Waals surface area contributed by atoms with Crippen LogP contribution in [0.4, 0.5) is 0 Å². The van der Waals surface area contributed by atoms with Gasteiger partial charge in [-0.3, -0.25) is 15.1 Å². The van der Waals surface area contributed by atoms with E-state index in [4.69, 9.17) is 0 Å². The van der Waals surface area contributed by atoms with Gasteiger partial charge in [0.2, 0.25) is 0 Å². The Balaban J connectivity index is 1.28. The van der Waals surface area contributed by atoms with E-state index in [9.17, 15) is 0 Å². The van der Waals surface area contributed by atoms with Crippen LogP contribution >= 0.6 is 0 Å². The van der Waals surface area contributed by atoms with Gasteiger partial charge in [0.1, 0.15) is 5.69 Å². The molecule has 0 aliphatic rings. The first-order valence-corrected chi connectivity index (χ1v) is 10.9. The third kappa shape index (κ3) is 3.88. The van der Waals surface area contributed by atoms with E-state index in [1.165, 1.54) is 5.56 Å². The maximum atomic E-state index is 4.57. The molecule has 6 rings (SSSR count). The molecule has 0 amide bonds. The summed E-state index contributed by atoms with van der Waals surface area (Å²) in [5.41, 5.74) is 9.37. The van der Waals surface area contributed by atoms with Crippen LogP contribution in [-0.4, -0.2) is 25.1 Å². The minimum atomic E-state index is 0.761. The Labute approximate surface area is 190 Å². The zero-order valence-electron chi connectivity index (χ0n) is 17.9. The van der Waals surface area contributed by atoms with Crippen molar-refractivity contribution in [2.24, 2.45) is 0 Å². The number of fused-ring (bicyclic) bond motifs is 2. The minimum absolute atomic E-state index is 0.761. The summed E-state index contributed by atoms with van der Waals surface area (Å²) in [6.45, 7) is 1.59. The number of rotatable bonds is 6. The van der Waals surface area contributed by atoms with Crippen LogP contribution in [0, 0.1) is 0 Å². The summed E-state index contributed by atoms with van der Waals surface area (Å²) in [7, 11) is 0. The molecule has 0 saturated carbocycles. The lowest BCUT2D eigenvalue weighted by Gasteiger charge is -2.08. The molecule has 0 bridgehead atoms. The van der Waals surface area contributed by atoms with Crippen LogP contribution in [0.25, 0.3) is 44.5 Å². The van der Waals surface area contributed by atoms with Gasteiger partial charge in [-0.25, -0.2) is 0 Å². The third-order valence-corrected chi connectivity index (χ3v) is 5.84. The summed E-state index contributed by atoms with van der Waals surface area (Å²) in [6.07, 6.45) is 5.63. The molecule has 6 aromatic rings. The van der Waals surface area contributed by atoms with Gasteiger partial charge >= 0.3 is 0 Å². The highest BCUT2D eigenvalue weighted by molar-refractivity contribution is 5.97. The Kier molecular flexibility index (Phi) is 4.90. The number of nitrogens with zero attached hydrogens (tertiary/aromatic N) is 3. The van der Waals surface area contributed by atoms with Gasteiger partial charge in [0, 0.05) is 42.6 Å². The molecule has 2 aromatic carbocycles. The van der Waals surface area contributed by atoms with Gasteiger partial charge in [-0.05, 0) is 53.1 Å². The van der Waals surface area contributed by atoms with E-state index in [1.54, 1.807) is 6.20 Å². The monoisotopic (exact) mass is 430 g/mol. The first kappa shape index (κ1) is 19.4. The molecule has 6 heteroatoms. The molecule has 6 nitrogen and oxygen atoms in total. The predicted molar refractivity (Wildman–Crippen MR) is 131 cm³/mol. The molecular formula is C27H22N6. The van der Waals surface area contributed by atoms with Crippen LogP contribution in [-0.2, 0) is 13.1 Å². The van der Waals surface area contributed by atoms with Gasteiger partial charge in [0.25, 0.3) is 0 Å². The standard InChI is InChI=1S/C27H22N6/c1-2-5-18(6-3-1)14-28-15-19-11-21(17-29-16-19)20-8-9-23-22(12-20)27(33-32-23)26-13-25-24(31-26)7-4-10-30-25/h1-13,16-17,28,31H,14-15H2,(H,32,33). The molecule has 3 N–H and O–H groups in total. The highest BCUT2D eigenvalue weighted by Gasteiger charge is 2.13. The molecule has 160 valence electrons. The van der Waals surface area contributed by atoms with Crippen LogP contribution in [0.3, 0.4) is 0 Å². The van der Waals surface area contributed by atoms with Crippen LogP contribution in [0.5, 0.6) is 0 Å². The van der Waals surface area contributed by atoms with E-state index in [2.05, 4.69) is 79.0 Å². The average molecular weight is 431 g/mol. The summed E-state index contributed by atoms with van der Waals surface area (Å²) in [4.78, 5) is 12.3. The number of aromatic nitrogens is 5. The quantitative estimate of drug-likeness (QED) is 0.328. The smallest absolute Gasteiger partial charge is 0.116 e. The third-order valence-electron chi connectivity index (χ3n) is 5.84. The van der Waals surface area contributed by atoms with Crippen molar-refractivity contribution in [3.05, 3.63) is 103 Å². The van der Waals surface area contributed by atoms with Gasteiger partial charge in [0.05, 0.1) is 22.2 Å². The zero-order chi connectivity index (χ0) is 22.0. The number of hydrogen-bond acceptors (Lipinski definition) is 4. The van der Waals surface area contributed by atoms with E-state index in [0.717, 1.165) is 63.1 Å². The van der Waals surface area contributed by atoms with Crippen molar-refractivity contribution in [2.45, 2.75) is 13.1 Å². The van der Waals surface area contributed by atoms with E-state index in [-0.39, 0.29) is 0 Å². The molecule has 0 fully saturated rings. The Morgan fingerprint density at radius 3 is 2.58 bits per heavy atom. The number of hydrogen-bond donors (Lipinski definition) is 3. The SMILES string of the molecule is c1ccc(CNCc2cncc(-c3ccc4[nH]nc(-c5cc6ncccc6[nH]5)c4c3)c2)cc1. The highest BCUT2D eigenvalue weighted by Crippen LogP contribution is 2.31. The largest absolute Gasteiger partial charge is 0.352 e. The van der Waals surface area contributed by atoms with Crippen LogP contribution in [0.15, 0.2) is 91.4 Å². The topological polar surface area (TPSA) is 82.3 Å². The molecule has 0 unspecified atom stereocenters. The van der Waals surface area contributed by atoms with Crippen molar-refractivity contribution < 1.29 is 0 Å². The fraction of sp³-hybridized carbons (Fsp3) is 0.0741. The van der Waals surface area contributed by atoms with Gasteiger partial charge in [-0.2, -0.15) is 5.10 Å². The van der Waals surface area contributed by atoms with Crippen molar-refractivity contribution in [1.82, 2.24) is 30.5 Å². The Hall–Kier alpha value is -4.29. The van der Waals surface area contributed by atoms with Crippen molar-refractivity contribution in [1.29, 1.82) is 0 Å². The fourth-order valence-electron chi connectivity index (χ4n) is 4.17. The van der Waals surface area contributed by atoms with Crippen LogP contribution in [0.1, 0.15) is 11.1 Å². The number of pyridine rings is 2. The Morgan fingerprint density at radius 2 is 1.67 bits per heavy atom. The second kappa shape index (κ2) is 8.33. The second-order valence-electron chi connectivity index (χ2n) is 8.12. The molecule has 4 aromatic heterocycles. The van der Waals surface area contributed by atoms with E-state index < -0.39 is 0 Å². The summed E-state index contributed by atoms with van der Waals surface area (Å²) in [6, 6.07) is 24.9. The molecule has 0 saturated heterocycles. The second-order valence-corrected chi connectivity index (χ2v) is 8.12. The maximum absolute atomic E-state index is 4.57. The molecule has 0 aliphatic carbocycles. The molecule has 0 radical (unpaired) electrons. The number of benzene rings is 2. The lowest BCUT2D eigenvalue weighted by atomic mass is 10.0. The summed E-state index contributed by atoms with van der Waals surface area (Å²) >= 11 is 0. The van der Waals surface area contributed by atoms with Gasteiger partial charge < -0.3 is 10.3 Å². The Morgan fingerprint density at radius 1 is 0.758 bits per heavy atom. The first-order valence-electron chi connectivity index (χ1n) is 10.9. The van der Waals surface area contributed by atoms with Crippen LogP contribution < -0.4 is 5.32 Å². The summed E-state index contributed by atoms with van der Waals surface area (Å²) in [5.74, 6) is 0. The van der Waals surface area contributed by atoms with Crippen LogP contribution in [0.2, 0.25) is 0 Å². The number of H-pyrrole nitrogens is 2. The first-order chi connectivity index (χ1) is 16.3.